The van der Waals surface area contributed by atoms with Crippen molar-refractivity contribution < 1.29 is 0 Å². The van der Waals surface area contributed by atoms with Crippen molar-refractivity contribution in [2.24, 2.45) is 5.92 Å². The van der Waals surface area contributed by atoms with Crippen LogP contribution in [0.2, 0.25) is 0 Å². The number of rotatable bonds is 4. The molecule has 2 atom stereocenters. The molecule has 0 aliphatic heterocycles. The van der Waals surface area contributed by atoms with Gasteiger partial charge in [-0.2, -0.15) is 0 Å². The lowest BCUT2D eigenvalue weighted by molar-refractivity contribution is 0.533. The number of hydrogen-bond acceptors (Lipinski definition) is 0. The summed E-state index contributed by atoms with van der Waals surface area (Å²) in [5, 5.41) is 0. The highest BCUT2D eigenvalue weighted by molar-refractivity contribution is 9.10. The average molecular weight is 320 g/mol. The Balaban J connectivity index is 2.51. The van der Waals surface area contributed by atoms with Crippen LogP contribution in [-0.2, 0) is 6.42 Å². The number of alkyl halides is 1. The Kier molecular flexibility index (Phi) is 5.18. The molecule has 0 saturated carbocycles. The summed E-state index contributed by atoms with van der Waals surface area (Å²) in [7, 11) is 0. The van der Waals surface area contributed by atoms with Crippen molar-refractivity contribution in [3.05, 3.63) is 34.3 Å². The van der Waals surface area contributed by atoms with E-state index >= 15 is 0 Å². The van der Waals surface area contributed by atoms with Crippen LogP contribution in [0.1, 0.15) is 25.8 Å². The number of hydrogen-bond donors (Lipinski definition) is 0. The molecule has 0 nitrogen and oxygen atoms in total. The SMILES string of the molecule is CC(Br)CC(C)Cc1cccc(Br)c1. The topological polar surface area (TPSA) is 0 Å². The van der Waals surface area contributed by atoms with E-state index in [2.05, 4.69) is 70.0 Å². The maximum atomic E-state index is 3.59. The van der Waals surface area contributed by atoms with Gasteiger partial charge in [0.1, 0.15) is 0 Å². The van der Waals surface area contributed by atoms with Gasteiger partial charge < -0.3 is 0 Å². The van der Waals surface area contributed by atoms with Gasteiger partial charge in [0.15, 0.2) is 0 Å². The van der Waals surface area contributed by atoms with Crippen LogP contribution in [0.3, 0.4) is 0 Å². The van der Waals surface area contributed by atoms with Crippen LogP contribution in [0.4, 0.5) is 0 Å². The highest BCUT2D eigenvalue weighted by Crippen LogP contribution is 2.19. The van der Waals surface area contributed by atoms with Crippen LogP contribution in [0.15, 0.2) is 28.7 Å². The van der Waals surface area contributed by atoms with E-state index in [1.807, 2.05) is 0 Å². The minimum absolute atomic E-state index is 0.615. The van der Waals surface area contributed by atoms with Gasteiger partial charge in [0.05, 0.1) is 0 Å². The molecule has 1 rings (SSSR count). The van der Waals surface area contributed by atoms with E-state index in [0.29, 0.717) is 4.83 Å². The second kappa shape index (κ2) is 5.92. The molecular weight excluding hydrogens is 304 g/mol. The van der Waals surface area contributed by atoms with E-state index in [1.54, 1.807) is 0 Å². The molecule has 0 radical (unpaired) electrons. The zero-order valence-corrected chi connectivity index (χ0v) is 11.8. The molecule has 1 aromatic rings. The van der Waals surface area contributed by atoms with Gasteiger partial charge in [0, 0.05) is 9.30 Å². The second-order valence-corrected chi connectivity index (χ2v) is 6.43. The predicted molar refractivity (Wildman–Crippen MR) is 70.0 cm³/mol. The Labute approximate surface area is 103 Å². The molecule has 1 aromatic carbocycles. The first-order valence-corrected chi connectivity index (χ1v) is 6.67. The molecule has 2 heteroatoms. The smallest absolute Gasteiger partial charge is 0.0177 e. The number of benzene rings is 1. The van der Waals surface area contributed by atoms with Crippen molar-refractivity contribution in [1.29, 1.82) is 0 Å². The zero-order chi connectivity index (χ0) is 10.6. The van der Waals surface area contributed by atoms with Gasteiger partial charge in [-0.05, 0) is 36.5 Å². The molecule has 0 aliphatic rings. The molecule has 0 N–H and O–H groups in total. The van der Waals surface area contributed by atoms with Crippen molar-refractivity contribution in [2.75, 3.05) is 0 Å². The molecule has 0 saturated heterocycles. The van der Waals surface area contributed by atoms with Crippen molar-refractivity contribution in [3.8, 4) is 0 Å². The Bertz CT molecular complexity index is 281. The molecule has 0 aromatic heterocycles. The van der Waals surface area contributed by atoms with E-state index in [1.165, 1.54) is 16.5 Å². The molecule has 0 amide bonds. The van der Waals surface area contributed by atoms with Crippen molar-refractivity contribution >= 4 is 31.9 Å². The van der Waals surface area contributed by atoms with E-state index < -0.39 is 0 Å². The quantitative estimate of drug-likeness (QED) is 0.699. The molecule has 2 unspecified atom stereocenters. The minimum Gasteiger partial charge on any atom is -0.0894 e. The summed E-state index contributed by atoms with van der Waals surface area (Å²) in [5.41, 5.74) is 1.42. The first-order chi connectivity index (χ1) is 6.58. The summed E-state index contributed by atoms with van der Waals surface area (Å²) < 4.78 is 1.18. The van der Waals surface area contributed by atoms with Crippen LogP contribution in [0.5, 0.6) is 0 Å². The summed E-state index contributed by atoms with van der Waals surface area (Å²) in [6, 6.07) is 8.57. The van der Waals surface area contributed by atoms with Gasteiger partial charge in [0.25, 0.3) is 0 Å². The largest absolute Gasteiger partial charge is 0.0894 e. The van der Waals surface area contributed by atoms with Crippen molar-refractivity contribution in [3.63, 3.8) is 0 Å². The van der Waals surface area contributed by atoms with Crippen LogP contribution in [0.25, 0.3) is 0 Å². The Morgan fingerprint density at radius 2 is 2.00 bits per heavy atom. The van der Waals surface area contributed by atoms with Crippen LogP contribution < -0.4 is 0 Å². The van der Waals surface area contributed by atoms with Gasteiger partial charge in [-0.3, -0.25) is 0 Å². The molecule has 0 fully saturated rings. The minimum atomic E-state index is 0.615. The summed E-state index contributed by atoms with van der Waals surface area (Å²) in [6.45, 7) is 4.51. The lowest BCUT2D eigenvalue weighted by Crippen LogP contribution is -2.05. The van der Waals surface area contributed by atoms with E-state index in [0.717, 1.165) is 12.3 Å². The van der Waals surface area contributed by atoms with Gasteiger partial charge in [-0.25, -0.2) is 0 Å². The van der Waals surface area contributed by atoms with Gasteiger partial charge in [-0.15, -0.1) is 0 Å². The molecule has 0 bridgehead atoms. The third-order valence-electron chi connectivity index (χ3n) is 2.20. The third-order valence-corrected chi connectivity index (χ3v) is 3.07. The maximum absolute atomic E-state index is 3.59. The fourth-order valence-electron chi connectivity index (χ4n) is 1.70. The van der Waals surface area contributed by atoms with E-state index in [9.17, 15) is 0 Å². The van der Waals surface area contributed by atoms with Crippen LogP contribution in [-0.4, -0.2) is 4.83 Å². The summed E-state index contributed by atoms with van der Waals surface area (Å²) in [6.07, 6.45) is 2.39. The van der Waals surface area contributed by atoms with Crippen LogP contribution >= 0.6 is 31.9 Å². The van der Waals surface area contributed by atoms with Gasteiger partial charge in [0.2, 0.25) is 0 Å². The fraction of sp³-hybridized carbons (Fsp3) is 0.500. The Morgan fingerprint density at radius 3 is 2.57 bits per heavy atom. The Hall–Kier alpha value is 0.180. The summed E-state index contributed by atoms with van der Waals surface area (Å²) >= 11 is 7.09. The number of halogens is 2. The molecule has 0 spiro atoms. The lowest BCUT2D eigenvalue weighted by Gasteiger charge is -2.12. The standard InChI is InChI=1S/C12H16Br2/c1-9(6-10(2)13)7-11-4-3-5-12(14)8-11/h3-5,8-10H,6-7H2,1-2H3. The lowest BCUT2D eigenvalue weighted by atomic mass is 9.97. The normalized spacial score (nSPS) is 15.1. The molecule has 14 heavy (non-hydrogen) atoms. The Morgan fingerprint density at radius 1 is 1.29 bits per heavy atom. The first-order valence-electron chi connectivity index (χ1n) is 4.96. The second-order valence-electron chi connectivity index (χ2n) is 3.96. The summed E-state index contributed by atoms with van der Waals surface area (Å²) in [4.78, 5) is 0.615. The van der Waals surface area contributed by atoms with Gasteiger partial charge in [-0.1, -0.05) is 57.8 Å². The van der Waals surface area contributed by atoms with Crippen molar-refractivity contribution in [2.45, 2.75) is 31.5 Å². The fourth-order valence-corrected chi connectivity index (χ4v) is 2.79. The predicted octanol–water partition coefficient (Wildman–Crippen LogP) is 4.80. The maximum Gasteiger partial charge on any atom is 0.0177 e. The van der Waals surface area contributed by atoms with E-state index in [-0.39, 0.29) is 0 Å². The van der Waals surface area contributed by atoms with Gasteiger partial charge >= 0.3 is 0 Å². The highest BCUT2D eigenvalue weighted by atomic mass is 79.9. The van der Waals surface area contributed by atoms with Crippen LogP contribution in [0, 0.1) is 5.92 Å². The molecule has 0 heterocycles. The van der Waals surface area contributed by atoms with Crippen molar-refractivity contribution in [1.82, 2.24) is 0 Å². The molecule has 78 valence electrons. The summed E-state index contributed by atoms with van der Waals surface area (Å²) in [5.74, 6) is 0.735. The average Bonchev–Trinajstić information content (AvgIpc) is 2.01. The van der Waals surface area contributed by atoms with E-state index in [4.69, 9.17) is 0 Å². The zero-order valence-electron chi connectivity index (χ0n) is 8.63. The highest BCUT2D eigenvalue weighted by Gasteiger charge is 2.07. The first kappa shape index (κ1) is 12.3. The molecule has 0 aliphatic carbocycles. The monoisotopic (exact) mass is 318 g/mol. The third kappa shape index (κ3) is 4.61. The molecular formula is C12H16Br2.